The zero-order valence-electron chi connectivity index (χ0n) is 15.6. The third kappa shape index (κ3) is 5.40. The summed E-state index contributed by atoms with van der Waals surface area (Å²) >= 11 is 2.78. The number of carbonyl (C=O) groups excluding carboxylic acids is 1. The number of urea groups is 1. The van der Waals surface area contributed by atoms with Crippen LogP contribution in [0.15, 0.2) is 77.4 Å². The molecule has 2 amide bonds. The molecule has 30 heavy (non-hydrogen) atoms. The van der Waals surface area contributed by atoms with E-state index in [1.165, 1.54) is 41.3 Å². The number of benzene rings is 2. The number of aromatic nitrogens is 3. The Labute approximate surface area is 180 Å². The van der Waals surface area contributed by atoms with Gasteiger partial charge in [0.15, 0.2) is 4.34 Å². The molecule has 150 valence electrons. The van der Waals surface area contributed by atoms with Crippen molar-refractivity contribution >= 4 is 39.9 Å². The zero-order valence-corrected chi connectivity index (χ0v) is 17.2. The summed E-state index contributed by atoms with van der Waals surface area (Å²) < 4.78 is 13.9. The van der Waals surface area contributed by atoms with E-state index in [4.69, 9.17) is 0 Å². The molecular weight excluding hydrogens is 421 g/mol. The summed E-state index contributed by atoms with van der Waals surface area (Å²) in [5.41, 5.74) is 3.60. The third-order valence-electron chi connectivity index (χ3n) is 3.97. The van der Waals surface area contributed by atoms with Crippen molar-refractivity contribution in [1.82, 2.24) is 15.2 Å². The maximum atomic E-state index is 13.2. The van der Waals surface area contributed by atoms with Gasteiger partial charge >= 0.3 is 6.03 Å². The minimum absolute atomic E-state index is 0.359. The van der Waals surface area contributed by atoms with Crippen LogP contribution in [0.25, 0.3) is 11.1 Å². The van der Waals surface area contributed by atoms with Crippen LogP contribution < -0.4 is 10.6 Å². The van der Waals surface area contributed by atoms with Crippen molar-refractivity contribution in [2.24, 2.45) is 0 Å². The van der Waals surface area contributed by atoms with Crippen LogP contribution in [0.5, 0.6) is 0 Å². The molecular formula is C21H16FN5OS2. The number of pyridine rings is 1. The van der Waals surface area contributed by atoms with Crippen LogP contribution >= 0.6 is 23.1 Å². The highest BCUT2D eigenvalue weighted by Gasteiger charge is 2.10. The van der Waals surface area contributed by atoms with Gasteiger partial charge in [0.05, 0.1) is 0 Å². The number of hydrogen-bond donors (Lipinski definition) is 2. The second kappa shape index (κ2) is 9.47. The maximum Gasteiger partial charge on any atom is 0.325 e. The molecule has 0 atom stereocenters. The van der Waals surface area contributed by atoms with Crippen molar-refractivity contribution in [3.8, 4) is 11.1 Å². The van der Waals surface area contributed by atoms with Crippen molar-refractivity contribution < 1.29 is 9.18 Å². The molecule has 0 saturated carbocycles. The van der Waals surface area contributed by atoms with Crippen molar-refractivity contribution in [3.63, 3.8) is 0 Å². The predicted molar refractivity (Wildman–Crippen MR) is 118 cm³/mol. The fraction of sp³-hybridized carbons (Fsp3) is 0.0476. The Bertz CT molecular complexity index is 1150. The lowest BCUT2D eigenvalue weighted by molar-refractivity contribution is 0.262. The van der Waals surface area contributed by atoms with E-state index >= 15 is 0 Å². The number of nitrogens with zero attached hydrogens (tertiary/aromatic N) is 3. The minimum Gasteiger partial charge on any atom is -0.308 e. The molecule has 4 rings (SSSR count). The SMILES string of the molecule is O=C(Nc1cccc(F)c1)Nc1nnc(SCc2cncc(-c3ccccc3)c2)s1. The van der Waals surface area contributed by atoms with Gasteiger partial charge in [-0.05, 0) is 35.4 Å². The molecule has 4 aromatic rings. The Kier molecular flexibility index (Phi) is 6.31. The van der Waals surface area contributed by atoms with E-state index in [0.29, 0.717) is 16.6 Å². The Morgan fingerprint density at radius 1 is 0.967 bits per heavy atom. The van der Waals surface area contributed by atoms with Gasteiger partial charge in [0.1, 0.15) is 5.82 Å². The highest BCUT2D eigenvalue weighted by atomic mass is 32.2. The highest BCUT2D eigenvalue weighted by Crippen LogP contribution is 2.29. The molecule has 0 radical (unpaired) electrons. The van der Waals surface area contributed by atoms with Crippen molar-refractivity contribution in [1.29, 1.82) is 0 Å². The van der Waals surface area contributed by atoms with Crippen LogP contribution in [0.3, 0.4) is 0 Å². The van der Waals surface area contributed by atoms with Gasteiger partial charge in [-0.2, -0.15) is 0 Å². The number of anilines is 2. The van der Waals surface area contributed by atoms with Gasteiger partial charge in [0, 0.05) is 29.4 Å². The fourth-order valence-corrected chi connectivity index (χ4v) is 4.31. The first-order chi connectivity index (χ1) is 14.7. The standard InChI is InChI=1S/C21H16FN5OS2/c22-17-7-4-8-18(10-17)24-19(28)25-20-26-27-21(30-20)29-13-14-9-16(12-23-11-14)15-5-2-1-3-6-15/h1-12H,13H2,(H2,24,25,26,28). The summed E-state index contributed by atoms with van der Waals surface area (Å²) in [6, 6.07) is 17.3. The summed E-state index contributed by atoms with van der Waals surface area (Å²) in [6.45, 7) is 0. The van der Waals surface area contributed by atoms with Crippen LogP contribution in [0, 0.1) is 5.82 Å². The normalized spacial score (nSPS) is 10.6. The Morgan fingerprint density at radius 3 is 2.67 bits per heavy atom. The smallest absolute Gasteiger partial charge is 0.308 e. The largest absolute Gasteiger partial charge is 0.325 e. The van der Waals surface area contributed by atoms with Gasteiger partial charge in [-0.3, -0.25) is 10.3 Å². The summed E-state index contributed by atoms with van der Waals surface area (Å²) in [5, 5.41) is 13.6. The first-order valence-corrected chi connectivity index (χ1v) is 10.8. The van der Waals surface area contributed by atoms with E-state index in [1.807, 2.05) is 42.7 Å². The molecule has 2 aromatic carbocycles. The van der Waals surface area contributed by atoms with Gasteiger partial charge in [-0.25, -0.2) is 9.18 Å². The third-order valence-corrected chi connectivity index (χ3v) is 6.02. The summed E-state index contributed by atoms with van der Waals surface area (Å²) in [5.74, 6) is 0.255. The molecule has 2 N–H and O–H groups in total. The van der Waals surface area contributed by atoms with Crippen molar-refractivity contribution in [3.05, 3.63) is 84.4 Å². The van der Waals surface area contributed by atoms with Crippen LogP contribution in [-0.4, -0.2) is 21.2 Å². The second-order valence-corrected chi connectivity index (χ2v) is 8.40. The molecule has 0 unspecified atom stereocenters. The van der Waals surface area contributed by atoms with Crippen molar-refractivity contribution in [2.75, 3.05) is 10.6 Å². The summed E-state index contributed by atoms with van der Waals surface area (Å²) in [4.78, 5) is 16.4. The maximum absolute atomic E-state index is 13.2. The Balaban J connectivity index is 1.33. The monoisotopic (exact) mass is 437 g/mol. The Morgan fingerprint density at radius 2 is 1.83 bits per heavy atom. The molecule has 6 nitrogen and oxygen atoms in total. The van der Waals surface area contributed by atoms with E-state index in [0.717, 1.165) is 21.0 Å². The van der Waals surface area contributed by atoms with Gasteiger partial charge in [-0.15, -0.1) is 10.2 Å². The summed E-state index contributed by atoms with van der Waals surface area (Å²) in [7, 11) is 0. The van der Waals surface area contributed by atoms with E-state index in [2.05, 4.69) is 31.9 Å². The Hall–Kier alpha value is -3.30. The predicted octanol–water partition coefficient (Wildman–Crippen LogP) is 5.68. The molecule has 2 heterocycles. The van der Waals surface area contributed by atoms with Crippen LogP contribution in [-0.2, 0) is 5.75 Å². The number of carbonyl (C=O) groups is 1. The fourth-order valence-electron chi connectivity index (χ4n) is 2.64. The first-order valence-electron chi connectivity index (χ1n) is 8.95. The number of rotatable bonds is 6. The zero-order chi connectivity index (χ0) is 20.8. The number of amides is 2. The molecule has 2 aromatic heterocycles. The summed E-state index contributed by atoms with van der Waals surface area (Å²) in [6.07, 6.45) is 3.67. The molecule has 0 saturated heterocycles. The molecule has 0 spiro atoms. The van der Waals surface area contributed by atoms with E-state index in [-0.39, 0.29) is 0 Å². The molecule has 0 bridgehead atoms. The molecule has 0 aliphatic rings. The lowest BCUT2D eigenvalue weighted by Gasteiger charge is -2.04. The van der Waals surface area contributed by atoms with Crippen molar-refractivity contribution in [2.45, 2.75) is 10.1 Å². The van der Waals surface area contributed by atoms with E-state index < -0.39 is 11.8 Å². The lowest BCUT2D eigenvalue weighted by atomic mass is 10.1. The molecule has 9 heteroatoms. The van der Waals surface area contributed by atoms with E-state index in [1.54, 1.807) is 6.07 Å². The lowest BCUT2D eigenvalue weighted by Crippen LogP contribution is -2.19. The van der Waals surface area contributed by atoms with Gasteiger partial charge in [0.2, 0.25) is 5.13 Å². The number of thioether (sulfide) groups is 1. The van der Waals surface area contributed by atoms with Gasteiger partial charge in [0.25, 0.3) is 0 Å². The van der Waals surface area contributed by atoms with Crippen LogP contribution in [0.2, 0.25) is 0 Å². The second-order valence-electron chi connectivity index (χ2n) is 6.20. The number of hydrogen-bond acceptors (Lipinski definition) is 6. The number of halogens is 1. The van der Waals surface area contributed by atoms with Crippen LogP contribution in [0.1, 0.15) is 5.56 Å². The quantitative estimate of drug-likeness (QED) is 0.300. The van der Waals surface area contributed by atoms with Gasteiger partial charge < -0.3 is 5.32 Å². The van der Waals surface area contributed by atoms with Gasteiger partial charge in [-0.1, -0.05) is 59.5 Å². The molecule has 0 fully saturated rings. The van der Waals surface area contributed by atoms with Crippen LogP contribution in [0.4, 0.5) is 20.0 Å². The van der Waals surface area contributed by atoms with E-state index in [9.17, 15) is 9.18 Å². The topological polar surface area (TPSA) is 79.8 Å². The molecule has 0 aliphatic heterocycles. The average Bonchev–Trinajstić information content (AvgIpc) is 3.20. The number of nitrogens with one attached hydrogen (secondary N) is 2. The average molecular weight is 438 g/mol. The highest BCUT2D eigenvalue weighted by molar-refractivity contribution is 8.00. The molecule has 0 aliphatic carbocycles. The minimum atomic E-state index is -0.506. The first kappa shape index (κ1) is 20.0.